The van der Waals surface area contributed by atoms with Crippen LogP contribution in [0.2, 0.25) is 0 Å². The van der Waals surface area contributed by atoms with Crippen molar-refractivity contribution < 1.29 is 0 Å². The number of likely N-dealkylation sites (tertiary alicyclic amines) is 1. The second kappa shape index (κ2) is 5.97. The van der Waals surface area contributed by atoms with Gasteiger partial charge in [0.15, 0.2) is 0 Å². The molecule has 2 rings (SSSR count). The predicted octanol–water partition coefficient (Wildman–Crippen LogP) is 3.14. The van der Waals surface area contributed by atoms with Crippen molar-refractivity contribution in [1.82, 2.24) is 9.88 Å². The van der Waals surface area contributed by atoms with Crippen molar-refractivity contribution >= 4 is 27.3 Å². The van der Waals surface area contributed by atoms with Crippen molar-refractivity contribution in [1.29, 1.82) is 0 Å². The number of piperidine rings is 1. The summed E-state index contributed by atoms with van der Waals surface area (Å²) in [6, 6.07) is 0. The molecule has 1 saturated heterocycles. The number of aromatic nitrogens is 1. The van der Waals surface area contributed by atoms with Gasteiger partial charge in [-0.15, -0.1) is 11.3 Å². The normalized spacial score (nSPS) is 23.1. The highest BCUT2D eigenvalue weighted by Crippen LogP contribution is 2.22. The number of nitrogens with zero attached hydrogens (tertiary/aromatic N) is 2. The molecule has 1 aromatic rings. The highest BCUT2D eigenvalue weighted by atomic mass is 79.9. The average molecular weight is 289 g/mol. The Kier molecular flexibility index (Phi) is 4.60. The van der Waals surface area contributed by atoms with Gasteiger partial charge in [-0.05, 0) is 31.7 Å². The third-order valence-corrected chi connectivity index (χ3v) is 4.21. The smallest absolute Gasteiger partial charge is 0.0794 e. The van der Waals surface area contributed by atoms with Gasteiger partial charge in [0.05, 0.1) is 5.51 Å². The van der Waals surface area contributed by atoms with E-state index in [1.165, 1.54) is 37.2 Å². The van der Waals surface area contributed by atoms with Crippen LogP contribution in [0.3, 0.4) is 0 Å². The summed E-state index contributed by atoms with van der Waals surface area (Å²) >= 11 is 5.31. The van der Waals surface area contributed by atoms with Crippen molar-refractivity contribution in [3.63, 3.8) is 0 Å². The third-order valence-electron chi connectivity index (χ3n) is 2.98. The Labute approximate surface area is 104 Å². The molecule has 1 aromatic heterocycles. The Morgan fingerprint density at radius 1 is 1.60 bits per heavy atom. The van der Waals surface area contributed by atoms with E-state index in [9.17, 15) is 0 Å². The van der Waals surface area contributed by atoms with Gasteiger partial charge in [0.2, 0.25) is 0 Å². The van der Waals surface area contributed by atoms with E-state index in [0.717, 1.165) is 17.8 Å². The number of alkyl halides is 1. The Hall–Kier alpha value is 0.0700. The Morgan fingerprint density at radius 3 is 3.27 bits per heavy atom. The molecule has 2 nitrogen and oxygen atoms in total. The van der Waals surface area contributed by atoms with Gasteiger partial charge in [0.25, 0.3) is 0 Å². The first-order valence-corrected chi connectivity index (χ1v) is 7.54. The summed E-state index contributed by atoms with van der Waals surface area (Å²) in [6.45, 7) is 3.63. The highest BCUT2D eigenvalue weighted by molar-refractivity contribution is 9.09. The summed E-state index contributed by atoms with van der Waals surface area (Å²) in [6.07, 6.45) is 6.08. The molecule has 1 unspecified atom stereocenters. The topological polar surface area (TPSA) is 16.1 Å². The van der Waals surface area contributed by atoms with E-state index in [1.807, 2.05) is 11.7 Å². The Bertz CT molecular complexity index is 274. The molecule has 4 heteroatoms. The lowest BCUT2D eigenvalue weighted by Crippen LogP contribution is -2.34. The molecular weight excluding hydrogens is 272 g/mol. The molecule has 1 aliphatic rings. The first-order chi connectivity index (χ1) is 7.38. The van der Waals surface area contributed by atoms with Gasteiger partial charge >= 0.3 is 0 Å². The van der Waals surface area contributed by atoms with E-state index in [2.05, 4.69) is 25.8 Å². The van der Waals surface area contributed by atoms with Crippen LogP contribution in [0.25, 0.3) is 0 Å². The summed E-state index contributed by atoms with van der Waals surface area (Å²) in [4.78, 5) is 8.10. The first-order valence-electron chi connectivity index (χ1n) is 5.54. The maximum absolute atomic E-state index is 4.13. The van der Waals surface area contributed by atoms with Gasteiger partial charge in [-0.25, -0.2) is 0 Å². The van der Waals surface area contributed by atoms with Gasteiger partial charge in [-0.2, -0.15) is 0 Å². The molecule has 1 aliphatic heterocycles. The summed E-state index contributed by atoms with van der Waals surface area (Å²) in [7, 11) is 0. The number of hydrogen-bond donors (Lipinski definition) is 0. The zero-order chi connectivity index (χ0) is 10.5. The SMILES string of the molecule is BrCCC1CCCN(Cc2cncs2)C1. The largest absolute Gasteiger partial charge is 0.298 e. The van der Waals surface area contributed by atoms with Crippen LogP contribution in [0.4, 0.5) is 0 Å². The molecule has 0 N–H and O–H groups in total. The van der Waals surface area contributed by atoms with Gasteiger partial charge in [-0.3, -0.25) is 9.88 Å². The van der Waals surface area contributed by atoms with E-state index in [-0.39, 0.29) is 0 Å². The molecule has 0 amide bonds. The van der Waals surface area contributed by atoms with Crippen LogP contribution in [0.15, 0.2) is 11.7 Å². The number of thiazole rings is 1. The van der Waals surface area contributed by atoms with Crippen LogP contribution in [0, 0.1) is 5.92 Å². The molecule has 0 bridgehead atoms. The van der Waals surface area contributed by atoms with Crippen molar-refractivity contribution in [2.45, 2.75) is 25.8 Å². The van der Waals surface area contributed by atoms with E-state index >= 15 is 0 Å². The molecular formula is C11H17BrN2S. The molecule has 2 heterocycles. The maximum atomic E-state index is 4.13. The molecule has 0 spiro atoms. The zero-order valence-corrected chi connectivity index (χ0v) is 11.3. The third kappa shape index (κ3) is 3.54. The highest BCUT2D eigenvalue weighted by Gasteiger charge is 2.19. The van der Waals surface area contributed by atoms with E-state index < -0.39 is 0 Å². The van der Waals surface area contributed by atoms with Gasteiger partial charge in [-0.1, -0.05) is 15.9 Å². The molecule has 0 saturated carbocycles. The number of hydrogen-bond acceptors (Lipinski definition) is 3. The molecule has 0 radical (unpaired) electrons. The molecule has 0 aromatic carbocycles. The lowest BCUT2D eigenvalue weighted by molar-refractivity contribution is 0.167. The minimum absolute atomic E-state index is 0.894. The number of halogens is 1. The fourth-order valence-corrected chi connectivity index (χ4v) is 3.51. The van der Waals surface area contributed by atoms with Crippen LogP contribution >= 0.6 is 27.3 Å². The lowest BCUT2D eigenvalue weighted by atomic mass is 9.96. The summed E-state index contributed by atoms with van der Waals surface area (Å²) < 4.78 is 0. The van der Waals surface area contributed by atoms with Crippen molar-refractivity contribution in [2.24, 2.45) is 5.92 Å². The van der Waals surface area contributed by atoms with E-state index in [0.29, 0.717) is 0 Å². The van der Waals surface area contributed by atoms with Gasteiger partial charge in [0.1, 0.15) is 0 Å². The quantitative estimate of drug-likeness (QED) is 0.792. The number of rotatable bonds is 4. The Morgan fingerprint density at radius 2 is 2.53 bits per heavy atom. The fourth-order valence-electron chi connectivity index (χ4n) is 2.23. The summed E-state index contributed by atoms with van der Waals surface area (Å²) in [5.74, 6) is 0.894. The second-order valence-corrected chi connectivity index (χ2v) is 5.95. The lowest BCUT2D eigenvalue weighted by Gasteiger charge is -2.32. The van der Waals surface area contributed by atoms with Crippen molar-refractivity contribution in [3.8, 4) is 0 Å². The molecule has 1 atom stereocenters. The van der Waals surface area contributed by atoms with Gasteiger partial charge in [0, 0.05) is 29.5 Å². The maximum Gasteiger partial charge on any atom is 0.0794 e. The standard InChI is InChI=1S/C11H17BrN2S/c12-4-3-10-2-1-5-14(7-10)8-11-6-13-9-15-11/h6,9-10H,1-5,7-8H2. The summed E-state index contributed by atoms with van der Waals surface area (Å²) in [5.41, 5.74) is 1.93. The minimum Gasteiger partial charge on any atom is -0.298 e. The van der Waals surface area contributed by atoms with Crippen LogP contribution in [0.1, 0.15) is 24.1 Å². The van der Waals surface area contributed by atoms with Crippen LogP contribution in [-0.4, -0.2) is 28.3 Å². The average Bonchev–Trinajstić information content (AvgIpc) is 2.71. The first kappa shape index (κ1) is 11.6. The molecule has 84 valence electrons. The fraction of sp³-hybridized carbons (Fsp3) is 0.727. The van der Waals surface area contributed by atoms with E-state index in [1.54, 1.807) is 11.3 Å². The minimum atomic E-state index is 0.894. The van der Waals surface area contributed by atoms with Crippen LogP contribution < -0.4 is 0 Å². The predicted molar refractivity (Wildman–Crippen MR) is 68.5 cm³/mol. The zero-order valence-electron chi connectivity index (χ0n) is 8.86. The van der Waals surface area contributed by atoms with Gasteiger partial charge < -0.3 is 0 Å². The monoisotopic (exact) mass is 288 g/mol. The van der Waals surface area contributed by atoms with Crippen molar-refractivity contribution in [2.75, 3.05) is 18.4 Å². The summed E-state index contributed by atoms with van der Waals surface area (Å²) in [5, 5.41) is 1.14. The molecule has 15 heavy (non-hydrogen) atoms. The Balaban J connectivity index is 1.82. The second-order valence-electron chi connectivity index (χ2n) is 4.19. The molecule has 1 fully saturated rings. The van der Waals surface area contributed by atoms with Crippen molar-refractivity contribution in [3.05, 3.63) is 16.6 Å². The molecule has 0 aliphatic carbocycles. The van der Waals surface area contributed by atoms with Crippen LogP contribution in [0.5, 0.6) is 0 Å². The van der Waals surface area contributed by atoms with Crippen LogP contribution in [-0.2, 0) is 6.54 Å². The van der Waals surface area contributed by atoms with E-state index in [4.69, 9.17) is 0 Å².